The lowest BCUT2D eigenvalue weighted by atomic mass is 9.74. The number of hydrogen-bond donors (Lipinski definition) is 2. The molecule has 0 aromatic carbocycles. The third-order valence-corrected chi connectivity index (χ3v) is 8.45. The van der Waals surface area contributed by atoms with E-state index in [0.29, 0.717) is 30.7 Å². The molecule has 1 unspecified atom stereocenters. The zero-order valence-electron chi connectivity index (χ0n) is 18.1. The molecule has 6 heteroatoms. The van der Waals surface area contributed by atoms with Crippen LogP contribution in [0, 0.1) is 29.6 Å². The highest BCUT2D eigenvalue weighted by Gasteiger charge is 2.66. The maximum atomic E-state index is 12.3. The third-order valence-electron chi connectivity index (χ3n) is 8.45. The molecule has 1 amide bonds. The van der Waals surface area contributed by atoms with Gasteiger partial charge in [0.05, 0.1) is 0 Å². The molecular weight excluding hydrogens is 368 g/mol. The van der Waals surface area contributed by atoms with Crippen molar-refractivity contribution in [2.24, 2.45) is 35.3 Å². The Morgan fingerprint density at radius 2 is 1.76 bits per heavy atom. The van der Waals surface area contributed by atoms with Gasteiger partial charge in [-0.15, -0.1) is 0 Å². The van der Waals surface area contributed by atoms with Gasteiger partial charge in [0.15, 0.2) is 0 Å². The molecule has 3 N–H and O–H groups in total. The molecule has 1 heterocycles. The van der Waals surface area contributed by atoms with E-state index in [9.17, 15) is 4.79 Å². The first-order valence-electron chi connectivity index (χ1n) is 11.9. The lowest BCUT2D eigenvalue weighted by molar-refractivity contribution is -0.376. The van der Waals surface area contributed by atoms with Gasteiger partial charge >= 0.3 is 0 Å². The van der Waals surface area contributed by atoms with Crippen LogP contribution in [0.3, 0.4) is 0 Å². The predicted octanol–water partition coefficient (Wildman–Crippen LogP) is 3.64. The molecule has 4 saturated carbocycles. The summed E-state index contributed by atoms with van der Waals surface area (Å²) >= 11 is 0. The van der Waals surface area contributed by atoms with E-state index in [1.54, 1.807) is 0 Å². The Balaban J connectivity index is 1.18. The fourth-order valence-electron chi connectivity index (χ4n) is 6.93. The lowest BCUT2D eigenvalue weighted by Crippen LogP contribution is -2.50. The van der Waals surface area contributed by atoms with Gasteiger partial charge < -0.3 is 15.8 Å². The summed E-state index contributed by atoms with van der Waals surface area (Å²) in [4.78, 5) is 24.5. The van der Waals surface area contributed by atoms with Gasteiger partial charge in [-0.25, -0.2) is 0 Å². The van der Waals surface area contributed by atoms with Gasteiger partial charge in [0, 0.05) is 43.2 Å². The van der Waals surface area contributed by atoms with Crippen LogP contribution in [0.1, 0.15) is 84.5 Å². The number of carbonyl (C=O) groups is 1. The van der Waals surface area contributed by atoms with E-state index in [4.69, 9.17) is 20.2 Å². The number of fused-ring (bicyclic) bond motifs is 4. The molecule has 3 bridgehead atoms. The summed E-state index contributed by atoms with van der Waals surface area (Å²) in [5.41, 5.74) is 5.59. The number of ether oxygens (including phenoxy) is 1. The molecule has 4 aliphatic carbocycles. The first kappa shape index (κ1) is 20.2. The highest BCUT2D eigenvalue weighted by atomic mass is 17.3. The minimum atomic E-state index is -0.589. The smallest absolute Gasteiger partial charge is 0.220 e. The Kier molecular flexibility index (Phi) is 5.01. The van der Waals surface area contributed by atoms with Crippen LogP contribution < -0.4 is 11.1 Å². The molecule has 29 heavy (non-hydrogen) atoms. The molecule has 1 aliphatic heterocycles. The highest BCUT2D eigenvalue weighted by molar-refractivity contribution is 5.76. The van der Waals surface area contributed by atoms with Gasteiger partial charge in [-0.1, -0.05) is 12.8 Å². The molecule has 164 valence electrons. The molecule has 0 aromatic heterocycles. The average molecular weight is 407 g/mol. The number of hydrogen-bond acceptors (Lipinski definition) is 5. The normalized spacial score (nSPS) is 46.4. The second-order valence-corrected chi connectivity index (χ2v) is 11.4. The summed E-state index contributed by atoms with van der Waals surface area (Å²) in [6.07, 6.45) is 11.8. The minimum absolute atomic E-state index is 0.1000. The van der Waals surface area contributed by atoms with Gasteiger partial charge in [0.25, 0.3) is 0 Å². The molecule has 5 rings (SSSR count). The van der Waals surface area contributed by atoms with Gasteiger partial charge in [-0.2, -0.15) is 9.78 Å². The van der Waals surface area contributed by atoms with Crippen molar-refractivity contribution in [3.8, 4) is 0 Å². The topological polar surface area (TPSA) is 82.8 Å². The summed E-state index contributed by atoms with van der Waals surface area (Å²) in [5, 5.41) is 2.97. The molecule has 5 atom stereocenters. The molecule has 6 nitrogen and oxygen atoms in total. The van der Waals surface area contributed by atoms with Gasteiger partial charge in [-0.05, 0) is 70.1 Å². The average Bonchev–Trinajstić information content (AvgIpc) is 3.15. The quantitative estimate of drug-likeness (QED) is 0.697. The van der Waals surface area contributed by atoms with Gasteiger partial charge in [0.1, 0.15) is 0 Å². The van der Waals surface area contributed by atoms with Crippen molar-refractivity contribution in [3.05, 3.63) is 0 Å². The van der Waals surface area contributed by atoms with Crippen molar-refractivity contribution >= 4 is 5.91 Å². The Hall–Kier alpha value is -0.690. The minimum Gasteiger partial charge on any atom is -0.354 e. The maximum absolute atomic E-state index is 12.3. The Bertz CT molecular complexity index is 639. The Labute approximate surface area is 174 Å². The zero-order chi connectivity index (χ0) is 20.3. The first-order valence-corrected chi connectivity index (χ1v) is 11.9. The van der Waals surface area contributed by atoms with E-state index >= 15 is 0 Å². The van der Waals surface area contributed by atoms with Gasteiger partial charge in [-0.3, -0.25) is 4.79 Å². The van der Waals surface area contributed by atoms with Crippen LogP contribution in [0.2, 0.25) is 0 Å². The van der Waals surface area contributed by atoms with Crippen LogP contribution in [0.25, 0.3) is 0 Å². The van der Waals surface area contributed by atoms with Crippen molar-refractivity contribution in [1.29, 1.82) is 0 Å². The van der Waals surface area contributed by atoms with E-state index < -0.39 is 11.6 Å². The summed E-state index contributed by atoms with van der Waals surface area (Å²) < 4.78 is 6.82. The zero-order valence-corrected chi connectivity index (χ0v) is 18.1. The van der Waals surface area contributed by atoms with Crippen LogP contribution in [0.4, 0.5) is 0 Å². The van der Waals surface area contributed by atoms with Crippen LogP contribution in [-0.2, 0) is 19.3 Å². The number of rotatable bonds is 4. The number of amides is 1. The molecule has 0 radical (unpaired) electrons. The van der Waals surface area contributed by atoms with Crippen LogP contribution in [0.5, 0.6) is 0 Å². The second kappa shape index (κ2) is 7.18. The monoisotopic (exact) mass is 406 g/mol. The van der Waals surface area contributed by atoms with Crippen molar-refractivity contribution in [2.75, 3.05) is 6.54 Å². The molecule has 5 aliphatic rings. The molecule has 1 saturated heterocycles. The summed E-state index contributed by atoms with van der Waals surface area (Å²) in [7, 11) is 0. The second-order valence-electron chi connectivity index (χ2n) is 11.4. The molecule has 0 aromatic rings. The van der Waals surface area contributed by atoms with E-state index in [1.165, 1.54) is 38.5 Å². The number of carbonyl (C=O) groups excluding carboxylic acids is 1. The maximum Gasteiger partial charge on any atom is 0.220 e. The molecule has 2 spiro atoms. The van der Waals surface area contributed by atoms with Crippen molar-refractivity contribution in [1.82, 2.24) is 5.32 Å². The fraction of sp³-hybridized carbons (Fsp3) is 0.957. The summed E-state index contributed by atoms with van der Waals surface area (Å²) in [5.74, 6) is 2.14. The highest BCUT2D eigenvalue weighted by Crippen LogP contribution is 2.63. The standard InChI is InChI=1S/C23H38N2O4/c1-21(2,24)14-25-20(26)10-15-6-8-22(9-7-15)27-23(29-28-22)18-5-3-4-16-11-19(23)13-17(16)12-18/h15-19H,3-14,24H2,1-2H3,(H,25,26)/t15?,16-,17?,18-,19-,22?,23+/m0/s1. The lowest BCUT2D eigenvalue weighted by Gasteiger charge is -2.43. The largest absolute Gasteiger partial charge is 0.354 e. The molecular formula is C23H38N2O4. The van der Waals surface area contributed by atoms with E-state index in [0.717, 1.165) is 37.5 Å². The van der Waals surface area contributed by atoms with E-state index in [2.05, 4.69) is 5.32 Å². The van der Waals surface area contributed by atoms with E-state index in [1.807, 2.05) is 13.8 Å². The Morgan fingerprint density at radius 3 is 2.52 bits per heavy atom. The van der Waals surface area contributed by atoms with Crippen LogP contribution >= 0.6 is 0 Å². The van der Waals surface area contributed by atoms with Crippen molar-refractivity contribution in [2.45, 2.75) is 102 Å². The van der Waals surface area contributed by atoms with E-state index in [-0.39, 0.29) is 11.4 Å². The van der Waals surface area contributed by atoms with Gasteiger partial charge in [0.2, 0.25) is 17.5 Å². The Morgan fingerprint density at radius 1 is 1.03 bits per heavy atom. The van der Waals surface area contributed by atoms with Crippen LogP contribution in [0.15, 0.2) is 0 Å². The summed E-state index contributed by atoms with van der Waals surface area (Å²) in [6, 6.07) is 0. The number of nitrogens with one attached hydrogen (secondary N) is 1. The van der Waals surface area contributed by atoms with Crippen LogP contribution in [-0.4, -0.2) is 29.6 Å². The van der Waals surface area contributed by atoms with Crippen molar-refractivity contribution in [3.63, 3.8) is 0 Å². The van der Waals surface area contributed by atoms with Crippen molar-refractivity contribution < 1.29 is 19.3 Å². The number of nitrogens with two attached hydrogens (primary N) is 1. The SMILES string of the molecule is CC(C)(N)CNC(=O)CC1CCC2(CC1)OO[C@@]1(O2)[C@@H]2CC3C[C@@H]1CCC[C@H]3C2. The predicted molar refractivity (Wildman–Crippen MR) is 108 cm³/mol. The third kappa shape index (κ3) is 3.75. The summed E-state index contributed by atoms with van der Waals surface area (Å²) in [6.45, 7) is 4.36. The molecule has 5 fully saturated rings. The fourth-order valence-corrected chi connectivity index (χ4v) is 6.93. The first-order chi connectivity index (χ1) is 13.8.